The Morgan fingerprint density at radius 3 is 2.05 bits per heavy atom. The van der Waals surface area contributed by atoms with Crippen molar-refractivity contribution in [2.24, 2.45) is 0 Å². The van der Waals surface area contributed by atoms with E-state index in [1.165, 1.54) is 5.56 Å². The molecule has 2 rings (SSSR count). The highest BCUT2D eigenvalue weighted by Gasteiger charge is 2.23. The summed E-state index contributed by atoms with van der Waals surface area (Å²) in [6, 6.07) is 12.9. The standard InChI is InChI=1S/C15H12Cl4SSi/c1-11-2-4-12(5-3-11)15(10-21(17,18)19)20-14-8-6-13(16)7-9-14/h2-10H,1H3/b15-10-. The molecule has 0 atom stereocenters. The van der Waals surface area contributed by atoms with Crippen LogP contribution in [0.5, 0.6) is 0 Å². The van der Waals surface area contributed by atoms with Gasteiger partial charge < -0.3 is 0 Å². The summed E-state index contributed by atoms with van der Waals surface area (Å²) >= 11 is 25.7. The lowest BCUT2D eigenvalue weighted by Gasteiger charge is -2.11. The molecule has 0 unspecified atom stereocenters. The van der Waals surface area contributed by atoms with Gasteiger partial charge in [0, 0.05) is 14.8 Å². The molecule has 6 heteroatoms. The van der Waals surface area contributed by atoms with Crippen LogP contribution in [0.15, 0.2) is 59.1 Å². The average molecular weight is 394 g/mol. The second-order valence-electron chi connectivity index (χ2n) is 4.47. The van der Waals surface area contributed by atoms with Gasteiger partial charge in [0.2, 0.25) is 0 Å². The van der Waals surface area contributed by atoms with E-state index in [2.05, 4.69) is 0 Å². The summed E-state index contributed by atoms with van der Waals surface area (Å²) < 4.78 is 0. The third-order valence-corrected chi connectivity index (χ3v) is 5.81. The van der Waals surface area contributed by atoms with E-state index in [1.54, 1.807) is 17.5 Å². The number of aryl methyl sites for hydroxylation is 1. The van der Waals surface area contributed by atoms with E-state index in [0.717, 1.165) is 15.4 Å². The zero-order valence-electron chi connectivity index (χ0n) is 11.1. The molecule has 2 aromatic rings. The lowest BCUT2D eigenvalue weighted by molar-refractivity contribution is 1.45. The van der Waals surface area contributed by atoms with Crippen molar-refractivity contribution in [3.8, 4) is 0 Å². The first-order valence-corrected chi connectivity index (χ1v) is 12.4. The lowest BCUT2D eigenvalue weighted by Crippen LogP contribution is -2.05. The van der Waals surface area contributed by atoms with Crippen LogP contribution in [0.2, 0.25) is 5.02 Å². The van der Waals surface area contributed by atoms with Crippen molar-refractivity contribution >= 4 is 67.5 Å². The molecule has 0 N–H and O–H groups in total. The second kappa shape index (κ2) is 7.45. The Labute approximate surface area is 149 Å². The minimum Gasteiger partial charge on any atom is -0.121 e. The predicted molar refractivity (Wildman–Crippen MR) is 99.8 cm³/mol. The minimum absolute atomic E-state index is 0.705. The molecule has 0 fully saturated rings. The number of rotatable bonds is 4. The Balaban J connectivity index is 2.35. The molecule has 0 spiro atoms. The predicted octanol–water partition coefficient (Wildman–Crippen LogP) is 6.98. The third-order valence-electron chi connectivity index (χ3n) is 2.67. The number of hydrogen-bond donors (Lipinski definition) is 0. The van der Waals surface area contributed by atoms with Crippen molar-refractivity contribution < 1.29 is 0 Å². The fourth-order valence-corrected chi connectivity index (χ4v) is 5.37. The highest BCUT2D eigenvalue weighted by molar-refractivity contribution is 8.08. The lowest BCUT2D eigenvalue weighted by atomic mass is 10.1. The normalized spacial score (nSPS) is 12.5. The monoisotopic (exact) mass is 392 g/mol. The fraction of sp³-hybridized carbons (Fsp3) is 0.0667. The Hall–Kier alpha value is -0.0931. The molecule has 0 bridgehead atoms. The molecule has 110 valence electrons. The van der Waals surface area contributed by atoms with Gasteiger partial charge >= 0.3 is 6.00 Å². The van der Waals surface area contributed by atoms with Crippen LogP contribution >= 0.6 is 56.6 Å². The van der Waals surface area contributed by atoms with Gasteiger partial charge in [-0.05, 0) is 42.5 Å². The SMILES string of the molecule is Cc1ccc(/C(=C/[Si](Cl)(Cl)Cl)Sc2ccc(Cl)cc2)cc1. The van der Waals surface area contributed by atoms with Gasteiger partial charge in [0.25, 0.3) is 0 Å². The Morgan fingerprint density at radius 2 is 1.52 bits per heavy atom. The van der Waals surface area contributed by atoms with Crippen LogP contribution in [0, 0.1) is 6.92 Å². The molecule has 0 aliphatic heterocycles. The van der Waals surface area contributed by atoms with E-state index >= 15 is 0 Å². The average Bonchev–Trinajstić information content (AvgIpc) is 2.40. The van der Waals surface area contributed by atoms with Crippen molar-refractivity contribution in [2.75, 3.05) is 0 Å². The summed E-state index contributed by atoms with van der Waals surface area (Å²) in [7, 11) is 0. The van der Waals surface area contributed by atoms with Crippen LogP contribution in [-0.4, -0.2) is 6.00 Å². The summed E-state index contributed by atoms with van der Waals surface area (Å²) in [6.45, 7) is 2.04. The van der Waals surface area contributed by atoms with Crippen LogP contribution in [-0.2, 0) is 0 Å². The Morgan fingerprint density at radius 1 is 0.952 bits per heavy atom. The van der Waals surface area contributed by atoms with Gasteiger partial charge in [0.1, 0.15) is 0 Å². The molecule has 0 saturated carbocycles. The van der Waals surface area contributed by atoms with Gasteiger partial charge in [-0.25, -0.2) is 0 Å². The van der Waals surface area contributed by atoms with Crippen LogP contribution < -0.4 is 0 Å². The number of benzene rings is 2. The minimum atomic E-state index is -2.87. The molecule has 0 saturated heterocycles. The van der Waals surface area contributed by atoms with E-state index in [1.807, 2.05) is 55.5 Å². The summed E-state index contributed by atoms with van der Waals surface area (Å²) in [6.07, 6.45) is 0. The van der Waals surface area contributed by atoms with Gasteiger partial charge in [-0.3, -0.25) is 0 Å². The smallest absolute Gasteiger partial charge is 0.121 e. The summed E-state index contributed by atoms with van der Waals surface area (Å²) in [4.78, 5) is 2.00. The zero-order chi connectivity index (χ0) is 15.5. The maximum absolute atomic E-state index is 6.06. The molecular formula is C15H12Cl4SSi. The van der Waals surface area contributed by atoms with E-state index in [-0.39, 0.29) is 0 Å². The van der Waals surface area contributed by atoms with Crippen molar-refractivity contribution in [1.29, 1.82) is 0 Å². The quantitative estimate of drug-likeness (QED) is 0.306. The molecule has 0 aliphatic carbocycles. The van der Waals surface area contributed by atoms with Gasteiger partial charge in [0.05, 0.1) is 0 Å². The topological polar surface area (TPSA) is 0 Å². The first kappa shape index (κ1) is 17.3. The first-order chi connectivity index (χ1) is 9.83. The van der Waals surface area contributed by atoms with E-state index in [0.29, 0.717) is 5.02 Å². The summed E-state index contributed by atoms with van der Waals surface area (Å²) in [5, 5.41) is 0.705. The fourth-order valence-electron chi connectivity index (χ4n) is 1.67. The maximum Gasteiger partial charge on any atom is 0.366 e. The van der Waals surface area contributed by atoms with E-state index in [9.17, 15) is 0 Å². The van der Waals surface area contributed by atoms with Crippen molar-refractivity contribution in [3.63, 3.8) is 0 Å². The molecule has 0 aliphatic rings. The van der Waals surface area contributed by atoms with Crippen molar-refractivity contribution in [1.82, 2.24) is 0 Å². The Kier molecular flexibility index (Phi) is 6.12. The molecular weight excluding hydrogens is 382 g/mol. The van der Waals surface area contributed by atoms with Crippen molar-refractivity contribution in [2.45, 2.75) is 11.8 Å². The van der Waals surface area contributed by atoms with Crippen LogP contribution in [0.1, 0.15) is 11.1 Å². The zero-order valence-corrected chi connectivity index (χ0v) is 16.0. The van der Waals surface area contributed by atoms with Crippen LogP contribution in [0.3, 0.4) is 0 Å². The van der Waals surface area contributed by atoms with E-state index in [4.69, 9.17) is 44.8 Å². The number of hydrogen-bond acceptors (Lipinski definition) is 1. The molecule has 21 heavy (non-hydrogen) atoms. The molecule has 0 amide bonds. The van der Waals surface area contributed by atoms with Gasteiger partial charge in [0.15, 0.2) is 0 Å². The highest BCUT2D eigenvalue weighted by Crippen LogP contribution is 2.38. The van der Waals surface area contributed by atoms with Gasteiger partial charge in [-0.1, -0.05) is 53.2 Å². The number of halogens is 4. The number of thioether (sulfide) groups is 1. The largest absolute Gasteiger partial charge is 0.366 e. The highest BCUT2D eigenvalue weighted by atomic mass is 35.8. The first-order valence-electron chi connectivity index (χ1n) is 6.13. The van der Waals surface area contributed by atoms with Gasteiger partial charge in [-0.15, -0.1) is 33.2 Å². The summed E-state index contributed by atoms with van der Waals surface area (Å²) in [5.74, 6) is 0. The summed E-state index contributed by atoms with van der Waals surface area (Å²) in [5.41, 5.74) is 4.00. The third kappa shape index (κ3) is 5.89. The molecule has 0 nitrogen and oxygen atoms in total. The van der Waals surface area contributed by atoms with Crippen LogP contribution in [0.25, 0.3) is 4.91 Å². The van der Waals surface area contributed by atoms with E-state index < -0.39 is 6.00 Å². The maximum atomic E-state index is 6.06. The second-order valence-corrected chi connectivity index (χ2v) is 14.5. The molecule has 0 heterocycles. The Bertz CT molecular complexity index is 630. The molecule has 2 aromatic carbocycles. The van der Waals surface area contributed by atoms with Crippen LogP contribution in [0.4, 0.5) is 0 Å². The van der Waals surface area contributed by atoms with Crippen molar-refractivity contribution in [3.05, 3.63) is 70.4 Å². The molecule has 0 aromatic heterocycles. The van der Waals surface area contributed by atoms with Gasteiger partial charge in [-0.2, -0.15) is 0 Å². The molecule has 0 radical (unpaired) electrons.